The molecule has 0 radical (unpaired) electrons. The second-order valence-electron chi connectivity index (χ2n) is 4.54. The van der Waals surface area contributed by atoms with Gasteiger partial charge in [0.2, 0.25) is 5.78 Å². The highest BCUT2D eigenvalue weighted by Gasteiger charge is 2.02. The summed E-state index contributed by atoms with van der Waals surface area (Å²) in [6.07, 6.45) is 9.16. The van der Waals surface area contributed by atoms with Crippen molar-refractivity contribution in [2.24, 2.45) is 0 Å². The van der Waals surface area contributed by atoms with Crippen LogP contribution in [0.15, 0.2) is 48.5 Å². The molecular weight excluding hydrogens is 304 g/mol. The Morgan fingerprint density at radius 3 is 1.79 bits per heavy atom. The van der Waals surface area contributed by atoms with E-state index in [1.165, 1.54) is 0 Å². The fourth-order valence-electron chi connectivity index (χ4n) is 1.71. The van der Waals surface area contributed by atoms with Crippen LogP contribution in [0.25, 0.3) is 0 Å². The molecule has 2 rings (SSSR count). The van der Waals surface area contributed by atoms with Gasteiger partial charge in [-0.2, -0.15) is 0 Å². The summed E-state index contributed by atoms with van der Waals surface area (Å²) < 4.78 is 9.87. The van der Waals surface area contributed by atoms with Gasteiger partial charge in [-0.05, 0) is 47.9 Å². The zero-order valence-corrected chi connectivity index (χ0v) is 13.5. The molecule has 0 saturated heterocycles. The van der Waals surface area contributed by atoms with E-state index in [1.807, 2.05) is 5.92 Å². The van der Waals surface area contributed by atoms with Crippen LogP contribution >= 0.6 is 0 Å². The van der Waals surface area contributed by atoms with E-state index >= 15 is 0 Å². The van der Waals surface area contributed by atoms with Gasteiger partial charge in [0.05, 0.1) is 14.2 Å². The molecule has 2 aromatic carbocycles. The average Bonchev–Trinajstić information content (AvgIpc) is 2.67. The maximum atomic E-state index is 10.9. The van der Waals surface area contributed by atoms with Gasteiger partial charge in [-0.3, -0.25) is 4.79 Å². The van der Waals surface area contributed by atoms with E-state index in [0.717, 1.165) is 5.75 Å². The Labute approximate surface area is 142 Å². The average molecular weight is 322 g/mol. The number of terminal acetylenes is 2. The van der Waals surface area contributed by atoms with Crippen molar-refractivity contribution < 1.29 is 19.4 Å². The van der Waals surface area contributed by atoms with Crippen LogP contribution in [0.2, 0.25) is 0 Å². The highest BCUT2D eigenvalue weighted by Crippen LogP contribution is 2.16. The smallest absolute Gasteiger partial charge is 0.235 e. The molecule has 24 heavy (non-hydrogen) atoms. The topological polar surface area (TPSA) is 55.8 Å². The molecule has 0 spiro atoms. The number of carbonyl (C=O) groups is 1. The van der Waals surface area contributed by atoms with Crippen molar-refractivity contribution in [2.45, 2.75) is 6.10 Å². The molecule has 0 fully saturated rings. The van der Waals surface area contributed by atoms with Gasteiger partial charge in [0.15, 0.2) is 0 Å². The number of ether oxygens (including phenoxy) is 2. The van der Waals surface area contributed by atoms with E-state index in [4.69, 9.17) is 22.3 Å². The zero-order valence-electron chi connectivity index (χ0n) is 13.5. The molecule has 0 amide bonds. The van der Waals surface area contributed by atoms with Crippen molar-refractivity contribution in [3.63, 3.8) is 0 Å². The molecule has 0 aromatic heterocycles. The van der Waals surface area contributed by atoms with Crippen LogP contribution in [-0.4, -0.2) is 25.1 Å². The Hall–Kier alpha value is -3.21. The Morgan fingerprint density at radius 1 is 0.958 bits per heavy atom. The third-order valence-electron chi connectivity index (χ3n) is 3.07. The number of carbonyl (C=O) groups excluding carboxylic acids is 1. The number of aliphatic hydroxyl groups is 1. The number of benzene rings is 2. The number of methoxy groups -OCH3 is 2. The predicted molar refractivity (Wildman–Crippen MR) is 92.9 cm³/mol. The van der Waals surface area contributed by atoms with Gasteiger partial charge in [0, 0.05) is 5.56 Å². The monoisotopic (exact) mass is 322 g/mol. The van der Waals surface area contributed by atoms with Crippen LogP contribution in [0.3, 0.4) is 0 Å². The molecule has 1 N–H and O–H groups in total. The molecule has 1 atom stereocenters. The third kappa shape index (κ3) is 5.53. The van der Waals surface area contributed by atoms with Gasteiger partial charge in [-0.15, -0.1) is 12.8 Å². The molecule has 122 valence electrons. The lowest BCUT2D eigenvalue weighted by Gasteiger charge is -2.04. The molecular formula is C20H18O4. The highest BCUT2D eigenvalue weighted by molar-refractivity contribution is 6.08. The summed E-state index contributed by atoms with van der Waals surface area (Å²) in [5, 5.41) is 9.22. The highest BCUT2D eigenvalue weighted by atomic mass is 16.5. The fraction of sp³-hybridized carbons (Fsp3) is 0.150. The first-order valence-corrected chi connectivity index (χ1v) is 6.98. The maximum absolute atomic E-state index is 10.9. The van der Waals surface area contributed by atoms with Crippen molar-refractivity contribution >= 4 is 5.78 Å². The summed E-state index contributed by atoms with van der Waals surface area (Å²) in [4.78, 5) is 10.9. The zero-order chi connectivity index (χ0) is 17.9. The first-order valence-electron chi connectivity index (χ1n) is 6.98. The second-order valence-corrected chi connectivity index (χ2v) is 4.54. The molecule has 0 saturated carbocycles. The third-order valence-corrected chi connectivity index (χ3v) is 3.07. The van der Waals surface area contributed by atoms with Crippen molar-refractivity contribution in [1.29, 1.82) is 0 Å². The Kier molecular flexibility index (Phi) is 7.64. The number of Topliss-reactive ketones (excluding diaryl/α,β-unsaturated/α-hetero) is 1. The summed E-state index contributed by atoms with van der Waals surface area (Å²) in [6, 6.07) is 13.7. The summed E-state index contributed by atoms with van der Waals surface area (Å²) >= 11 is 0. The van der Waals surface area contributed by atoms with Crippen molar-refractivity contribution in [2.75, 3.05) is 14.2 Å². The molecule has 0 aliphatic heterocycles. The standard InChI is InChI=1S/C10H10O2.C10H8O2/c2*1-3-10(11)8-4-6-9(12-2)7-5-8/h1,4-7,10-11H,2H3;1,4-7H,2H3. The fourth-order valence-corrected chi connectivity index (χ4v) is 1.71. The number of hydrogen-bond donors (Lipinski definition) is 1. The lowest BCUT2D eigenvalue weighted by Crippen LogP contribution is -1.93. The SMILES string of the molecule is C#CC(=O)c1ccc(OC)cc1.C#CC(O)c1ccc(OC)cc1. The van der Waals surface area contributed by atoms with E-state index in [2.05, 4.69) is 5.92 Å². The van der Waals surface area contributed by atoms with Gasteiger partial charge >= 0.3 is 0 Å². The first kappa shape index (κ1) is 18.8. The van der Waals surface area contributed by atoms with Gasteiger partial charge in [-0.25, -0.2) is 0 Å². The van der Waals surface area contributed by atoms with Crippen molar-refractivity contribution in [3.8, 4) is 36.2 Å². The van der Waals surface area contributed by atoms with Crippen LogP contribution in [0.1, 0.15) is 22.0 Å². The Balaban J connectivity index is 0.000000240. The molecule has 0 heterocycles. The summed E-state index contributed by atoms with van der Waals surface area (Å²) in [5.74, 6) is 5.43. The minimum Gasteiger partial charge on any atom is -0.497 e. The molecule has 4 heteroatoms. The Bertz CT molecular complexity index is 731. The number of rotatable bonds is 4. The lowest BCUT2D eigenvalue weighted by atomic mass is 10.1. The molecule has 2 aromatic rings. The lowest BCUT2D eigenvalue weighted by molar-refractivity contribution is 0.105. The number of ketones is 1. The van der Waals surface area contributed by atoms with Gasteiger partial charge in [0.1, 0.15) is 17.6 Å². The molecule has 4 nitrogen and oxygen atoms in total. The maximum Gasteiger partial charge on any atom is 0.235 e. The number of aliphatic hydroxyl groups excluding tert-OH is 1. The minimum atomic E-state index is -0.823. The van der Waals surface area contributed by atoms with E-state index in [0.29, 0.717) is 16.9 Å². The van der Waals surface area contributed by atoms with Crippen LogP contribution < -0.4 is 9.47 Å². The number of hydrogen-bond acceptors (Lipinski definition) is 4. The molecule has 0 aliphatic rings. The second kappa shape index (κ2) is 9.74. The van der Waals surface area contributed by atoms with E-state index in [-0.39, 0.29) is 5.78 Å². The van der Waals surface area contributed by atoms with Gasteiger partial charge in [0.25, 0.3) is 0 Å². The molecule has 0 aliphatic carbocycles. The van der Waals surface area contributed by atoms with Gasteiger partial charge in [-0.1, -0.05) is 18.1 Å². The first-order chi connectivity index (χ1) is 11.5. The van der Waals surface area contributed by atoms with Crippen molar-refractivity contribution in [1.82, 2.24) is 0 Å². The summed E-state index contributed by atoms with van der Waals surface area (Å²) in [5.41, 5.74) is 1.22. The van der Waals surface area contributed by atoms with E-state index in [1.54, 1.807) is 62.8 Å². The predicted octanol–water partition coefficient (Wildman–Crippen LogP) is 2.87. The quantitative estimate of drug-likeness (QED) is 0.534. The van der Waals surface area contributed by atoms with Crippen LogP contribution in [0.4, 0.5) is 0 Å². The Morgan fingerprint density at radius 2 is 1.42 bits per heavy atom. The minimum absolute atomic E-state index is 0.308. The summed E-state index contributed by atoms with van der Waals surface area (Å²) in [7, 11) is 3.16. The molecule has 0 bridgehead atoms. The van der Waals surface area contributed by atoms with Crippen LogP contribution in [0.5, 0.6) is 11.5 Å². The molecule has 1 unspecified atom stereocenters. The van der Waals surface area contributed by atoms with E-state index < -0.39 is 6.10 Å². The summed E-state index contributed by atoms with van der Waals surface area (Å²) in [6.45, 7) is 0. The van der Waals surface area contributed by atoms with Crippen LogP contribution in [-0.2, 0) is 0 Å². The van der Waals surface area contributed by atoms with Crippen LogP contribution in [0, 0.1) is 24.7 Å². The van der Waals surface area contributed by atoms with Gasteiger partial charge < -0.3 is 14.6 Å². The van der Waals surface area contributed by atoms with E-state index in [9.17, 15) is 9.90 Å². The largest absolute Gasteiger partial charge is 0.497 e. The van der Waals surface area contributed by atoms with Crippen molar-refractivity contribution in [3.05, 3.63) is 59.7 Å². The normalized spacial score (nSPS) is 10.2.